The van der Waals surface area contributed by atoms with Gasteiger partial charge < -0.3 is 24.1 Å². The number of rotatable bonds is 17. The number of carbonyl (C=O) groups is 1. The Morgan fingerprint density at radius 2 is 1.85 bits per heavy atom. The van der Waals surface area contributed by atoms with E-state index in [1.54, 1.807) is 0 Å². The maximum atomic E-state index is 11.9. The van der Waals surface area contributed by atoms with Gasteiger partial charge in [0.25, 0.3) is 0 Å². The second kappa shape index (κ2) is 16.6. The SMILES string of the molecule is CCCCC[C@H](C)CC[C@H]1C(OC2CCCCO2)C[C@H](O)[C@@H]1CC=CCCC(O[Si](C)(C)C(C)(C)C)C(=O)O. The number of aliphatic hydroxyl groups is 1. The average molecular weight is 569 g/mol. The summed E-state index contributed by atoms with van der Waals surface area (Å²) in [5, 5.41) is 20.8. The van der Waals surface area contributed by atoms with Crippen LogP contribution in [0.25, 0.3) is 0 Å². The molecule has 0 amide bonds. The van der Waals surface area contributed by atoms with Crippen LogP contribution in [0.4, 0.5) is 0 Å². The number of unbranched alkanes of at least 4 members (excludes halogenated alkanes) is 2. The van der Waals surface area contributed by atoms with Crippen LogP contribution in [0.1, 0.15) is 118 Å². The van der Waals surface area contributed by atoms with Gasteiger partial charge in [-0.25, -0.2) is 4.79 Å². The summed E-state index contributed by atoms with van der Waals surface area (Å²) in [6.45, 7) is 16.0. The third kappa shape index (κ3) is 11.6. The molecule has 7 heteroatoms. The molecule has 2 N–H and O–H groups in total. The number of carboxylic acids is 1. The summed E-state index contributed by atoms with van der Waals surface area (Å²) < 4.78 is 18.5. The Kier molecular flexibility index (Phi) is 14.7. The summed E-state index contributed by atoms with van der Waals surface area (Å²) in [6.07, 6.45) is 16.1. The lowest BCUT2D eigenvalue weighted by molar-refractivity contribution is -0.196. The largest absolute Gasteiger partial charge is 0.479 e. The summed E-state index contributed by atoms with van der Waals surface area (Å²) >= 11 is 0. The van der Waals surface area contributed by atoms with Gasteiger partial charge in [0.05, 0.1) is 12.2 Å². The van der Waals surface area contributed by atoms with Crippen LogP contribution in [-0.2, 0) is 18.7 Å². The predicted octanol–water partition coefficient (Wildman–Crippen LogP) is 8.09. The molecule has 1 aliphatic carbocycles. The van der Waals surface area contributed by atoms with E-state index in [0.717, 1.165) is 45.1 Å². The summed E-state index contributed by atoms with van der Waals surface area (Å²) in [7, 11) is -2.16. The van der Waals surface area contributed by atoms with Gasteiger partial charge in [0.2, 0.25) is 0 Å². The van der Waals surface area contributed by atoms with Gasteiger partial charge in [0.15, 0.2) is 14.6 Å². The lowest BCUT2D eigenvalue weighted by Crippen LogP contribution is -2.46. The fourth-order valence-corrected chi connectivity index (χ4v) is 7.08. The molecule has 2 aliphatic rings. The zero-order valence-corrected chi connectivity index (χ0v) is 27.1. The molecule has 0 radical (unpaired) electrons. The Morgan fingerprint density at radius 3 is 2.46 bits per heavy atom. The van der Waals surface area contributed by atoms with Crippen molar-refractivity contribution < 1.29 is 28.9 Å². The highest BCUT2D eigenvalue weighted by Crippen LogP contribution is 2.42. The van der Waals surface area contributed by atoms with Gasteiger partial charge in [-0.1, -0.05) is 78.9 Å². The highest BCUT2D eigenvalue weighted by atomic mass is 28.4. The Hall–Kier alpha value is -0.733. The van der Waals surface area contributed by atoms with Crippen LogP contribution in [0, 0.1) is 17.8 Å². The standard InChI is InChI=1S/C32H60O6Si/c1-8-9-11-16-24(2)20-21-26-25(27(33)23-29(26)37-30-19-14-15-22-36-30)17-12-10-13-18-28(31(34)35)38-39(6,7)32(3,4)5/h10,12,24-30,33H,8-9,11,13-23H2,1-7H3,(H,34,35)/t24-,25+,26+,27-,28?,29?,30?/m0/s1. The Bertz CT molecular complexity index is 727. The minimum Gasteiger partial charge on any atom is -0.479 e. The highest BCUT2D eigenvalue weighted by Gasteiger charge is 2.43. The Morgan fingerprint density at radius 1 is 1.10 bits per heavy atom. The lowest BCUT2D eigenvalue weighted by Gasteiger charge is -2.38. The predicted molar refractivity (Wildman–Crippen MR) is 161 cm³/mol. The van der Waals surface area contributed by atoms with Crippen molar-refractivity contribution in [2.75, 3.05) is 6.61 Å². The molecule has 6 nitrogen and oxygen atoms in total. The van der Waals surface area contributed by atoms with E-state index in [-0.39, 0.29) is 29.5 Å². The molecule has 0 aromatic heterocycles. The number of aliphatic carboxylic acids is 1. The van der Waals surface area contributed by atoms with E-state index >= 15 is 0 Å². The van der Waals surface area contributed by atoms with E-state index in [0.29, 0.717) is 31.1 Å². The van der Waals surface area contributed by atoms with Crippen LogP contribution in [-0.4, -0.2) is 55.7 Å². The van der Waals surface area contributed by atoms with Crippen molar-refractivity contribution in [3.05, 3.63) is 12.2 Å². The average Bonchev–Trinajstić information content (AvgIpc) is 3.15. The molecule has 1 saturated carbocycles. The first-order chi connectivity index (χ1) is 18.4. The topological polar surface area (TPSA) is 85.2 Å². The lowest BCUT2D eigenvalue weighted by atomic mass is 9.84. The van der Waals surface area contributed by atoms with Gasteiger partial charge in [0.1, 0.15) is 6.10 Å². The second-order valence-electron chi connectivity index (χ2n) is 13.8. The number of carboxylic acid groups (broad SMARTS) is 1. The zero-order valence-electron chi connectivity index (χ0n) is 26.1. The first kappa shape index (κ1) is 34.5. The molecule has 228 valence electrons. The van der Waals surface area contributed by atoms with Gasteiger partial charge in [0, 0.05) is 13.0 Å². The summed E-state index contributed by atoms with van der Waals surface area (Å²) in [4.78, 5) is 11.9. The first-order valence-corrected chi connectivity index (χ1v) is 18.8. The van der Waals surface area contributed by atoms with Gasteiger partial charge in [-0.2, -0.15) is 0 Å². The van der Waals surface area contributed by atoms with E-state index in [9.17, 15) is 15.0 Å². The molecule has 7 atom stereocenters. The zero-order chi connectivity index (χ0) is 29.1. The number of hydrogen-bond donors (Lipinski definition) is 2. The second-order valence-corrected chi connectivity index (χ2v) is 18.5. The Balaban J connectivity index is 1.96. The normalized spacial score (nSPS) is 28.2. The molecule has 0 spiro atoms. The smallest absolute Gasteiger partial charge is 0.331 e. The van der Waals surface area contributed by atoms with Crippen molar-refractivity contribution in [3.63, 3.8) is 0 Å². The molecule has 1 saturated heterocycles. The number of ether oxygens (including phenoxy) is 2. The summed E-state index contributed by atoms with van der Waals surface area (Å²) in [5.41, 5.74) is 0. The van der Waals surface area contributed by atoms with Crippen molar-refractivity contribution in [1.82, 2.24) is 0 Å². The van der Waals surface area contributed by atoms with Crippen LogP contribution < -0.4 is 0 Å². The van der Waals surface area contributed by atoms with Crippen LogP contribution >= 0.6 is 0 Å². The fourth-order valence-electron chi connectivity index (χ4n) is 5.80. The van der Waals surface area contributed by atoms with Crippen LogP contribution in [0.15, 0.2) is 12.2 Å². The van der Waals surface area contributed by atoms with Crippen molar-refractivity contribution in [1.29, 1.82) is 0 Å². The first-order valence-electron chi connectivity index (χ1n) is 15.9. The third-order valence-electron chi connectivity index (χ3n) is 9.44. The third-order valence-corrected chi connectivity index (χ3v) is 13.9. The molecular formula is C32H60O6Si. The quantitative estimate of drug-likeness (QED) is 0.105. The molecule has 0 bridgehead atoms. The van der Waals surface area contributed by atoms with E-state index < -0.39 is 20.4 Å². The van der Waals surface area contributed by atoms with Crippen molar-refractivity contribution >= 4 is 14.3 Å². The molecule has 0 aromatic rings. The van der Waals surface area contributed by atoms with Crippen LogP contribution in [0.2, 0.25) is 18.1 Å². The van der Waals surface area contributed by atoms with Gasteiger partial charge in [-0.05, 0) is 80.8 Å². The number of aliphatic hydroxyl groups excluding tert-OH is 1. The van der Waals surface area contributed by atoms with Crippen LogP contribution in [0.5, 0.6) is 0 Å². The minimum atomic E-state index is -2.16. The van der Waals surface area contributed by atoms with E-state index in [2.05, 4.69) is 59.9 Å². The van der Waals surface area contributed by atoms with Crippen molar-refractivity contribution in [2.45, 2.75) is 161 Å². The van der Waals surface area contributed by atoms with Gasteiger partial charge in [-0.15, -0.1) is 0 Å². The summed E-state index contributed by atoms with van der Waals surface area (Å²) in [5.74, 6) is 0.289. The molecule has 1 heterocycles. The van der Waals surface area contributed by atoms with Crippen molar-refractivity contribution in [2.24, 2.45) is 17.8 Å². The Labute approximate surface area is 240 Å². The highest BCUT2D eigenvalue weighted by molar-refractivity contribution is 6.74. The molecular weight excluding hydrogens is 508 g/mol. The molecule has 2 fully saturated rings. The molecule has 0 aromatic carbocycles. The maximum Gasteiger partial charge on any atom is 0.331 e. The van der Waals surface area contributed by atoms with E-state index in [1.807, 2.05) is 0 Å². The fraction of sp³-hybridized carbons (Fsp3) is 0.906. The van der Waals surface area contributed by atoms with E-state index in [1.165, 1.54) is 25.7 Å². The maximum absolute atomic E-state index is 11.9. The van der Waals surface area contributed by atoms with Gasteiger partial charge in [-0.3, -0.25) is 0 Å². The summed E-state index contributed by atoms with van der Waals surface area (Å²) in [6, 6.07) is 0. The number of hydrogen-bond acceptors (Lipinski definition) is 5. The minimum absolute atomic E-state index is 0.0288. The van der Waals surface area contributed by atoms with Crippen LogP contribution in [0.3, 0.4) is 0 Å². The number of allylic oxidation sites excluding steroid dienone is 2. The van der Waals surface area contributed by atoms with E-state index in [4.69, 9.17) is 13.9 Å². The molecule has 39 heavy (non-hydrogen) atoms. The van der Waals surface area contributed by atoms with Gasteiger partial charge >= 0.3 is 5.97 Å². The monoisotopic (exact) mass is 568 g/mol. The molecule has 3 unspecified atom stereocenters. The molecule has 2 rings (SSSR count). The molecule has 1 aliphatic heterocycles. The van der Waals surface area contributed by atoms with Crippen molar-refractivity contribution in [3.8, 4) is 0 Å².